The Bertz CT molecular complexity index is 459. The number of ether oxygens (including phenoxy) is 1. The van der Waals surface area contributed by atoms with Crippen molar-refractivity contribution in [2.45, 2.75) is 52.6 Å². The third-order valence-corrected chi connectivity index (χ3v) is 6.20. The van der Waals surface area contributed by atoms with E-state index in [0.717, 1.165) is 18.1 Å². The standard InChI is InChI=1S/C18H25O/c1-5-13-6-8-15(9-7-13)19-16-12-14-10-11-18(16,4)17(14,2)3/h6-9,14,16H,1,5,10-12H2,2-4H3. The second-order valence-electron chi connectivity index (χ2n) is 7.11. The van der Waals surface area contributed by atoms with Gasteiger partial charge in [-0.25, -0.2) is 0 Å². The zero-order valence-electron chi connectivity index (χ0n) is 12.4. The molecule has 0 N–H and O–H groups in total. The number of benzene rings is 1. The maximum absolute atomic E-state index is 6.33. The summed E-state index contributed by atoms with van der Waals surface area (Å²) in [6, 6.07) is 8.46. The first-order chi connectivity index (χ1) is 8.97. The van der Waals surface area contributed by atoms with Crippen LogP contribution >= 0.6 is 0 Å². The summed E-state index contributed by atoms with van der Waals surface area (Å²) in [5, 5.41) is 0. The van der Waals surface area contributed by atoms with Gasteiger partial charge in [0.2, 0.25) is 0 Å². The van der Waals surface area contributed by atoms with Gasteiger partial charge in [-0.05, 0) is 61.6 Å². The monoisotopic (exact) mass is 257 g/mol. The van der Waals surface area contributed by atoms with E-state index in [1.807, 2.05) is 0 Å². The van der Waals surface area contributed by atoms with Gasteiger partial charge in [0.05, 0.1) is 0 Å². The molecule has 0 aliphatic heterocycles. The molecule has 3 unspecified atom stereocenters. The van der Waals surface area contributed by atoms with E-state index in [1.165, 1.54) is 24.8 Å². The van der Waals surface area contributed by atoms with Gasteiger partial charge in [0.1, 0.15) is 11.9 Å². The van der Waals surface area contributed by atoms with Crippen molar-refractivity contribution in [1.29, 1.82) is 0 Å². The summed E-state index contributed by atoms with van der Waals surface area (Å²) in [5.41, 5.74) is 2.03. The minimum absolute atomic E-state index is 0.336. The Balaban J connectivity index is 1.78. The van der Waals surface area contributed by atoms with Crippen molar-refractivity contribution >= 4 is 0 Å². The molecular weight excluding hydrogens is 232 g/mol. The molecule has 1 radical (unpaired) electrons. The van der Waals surface area contributed by atoms with Gasteiger partial charge < -0.3 is 4.74 Å². The van der Waals surface area contributed by atoms with Crippen LogP contribution in [0.15, 0.2) is 24.3 Å². The Morgan fingerprint density at radius 2 is 1.89 bits per heavy atom. The van der Waals surface area contributed by atoms with Crippen molar-refractivity contribution in [3.63, 3.8) is 0 Å². The van der Waals surface area contributed by atoms with Crippen LogP contribution < -0.4 is 4.74 Å². The van der Waals surface area contributed by atoms with Crippen molar-refractivity contribution in [3.8, 4) is 5.75 Å². The molecule has 1 aromatic carbocycles. The second kappa shape index (κ2) is 4.26. The molecule has 103 valence electrons. The highest BCUT2D eigenvalue weighted by atomic mass is 16.5. The molecule has 0 amide bonds. The van der Waals surface area contributed by atoms with Gasteiger partial charge in [0, 0.05) is 5.41 Å². The number of hydrogen-bond acceptors (Lipinski definition) is 1. The quantitative estimate of drug-likeness (QED) is 0.765. The first kappa shape index (κ1) is 13.0. The molecule has 1 aromatic rings. The molecule has 2 aliphatic carbocycles. The highest BCUT2D eigenvalue weighted by Crippen LogP contribution is 2.66. The number of fused-ring (bicyclic) bond motifs is 2. The maximum Gasteiger partial charge on any atom is 0.119 e. The lowest BCUT2D eigenvalue weighted by atomic mass is 9.70. The molecule has 0 spiro atoms. The average molecular weight is 257 g/mol. The van der Waals surface area contributed by atoms with Crippen molar-refractivity contribution < 1.29 is 4.74 Å². The molecule has 0 heterocycles. The van der Waals surface area contributed by atoms with Gasteiger partial charge in [-0.1, -0.05) is 32.9 Å². The third kappa shape index (κ3) is 1.81. The van der Waals surface area contributed by atoms with Gasteiger partial charge in [0.15, 0.2) is 0 Å². The lowest BCUT2D eigenvalue weighted by molar-refractivity contribution is 0.0302. The minimum atomic E-state index is 0.336. The fraction of sp³-hybridized carbons (Fsp3) is 0.611. The average Bonchev–Trinajstić information content (AvgIpc) is 2.73. The number of rotatable bonds is 3. The summed E-state index contributed by atoms with van der Waals surface area (Å²) in [6.07, 6.45) is 5.14. The van der Waals surface area contributed by atoms with Crippen LogP contribution in [0.2, 0.25) is 0 Å². The first-order valence-corrected chi connectivity index (χ1v) is 7.52. The predicted octanol–water partition coefficient (Wildman–Crippen LogP) is 4.66. The maximum atomic E-state index is 6.33. The Morgan fingerprint density at radius 1 is 1.21 bits per heavy atom. The van der Waals surface area contributed by atoms with E-state index in [2.05, 4.69) is 52.0 Å². The van der Waals surface area contributed by atoms with Gasteiger partial charge in [-0.2, -0.15) is 0 Å². The zero-order valence-corrected chi connectivity index (χ0v) is 12.4. The Morgan fingerprint density at radius 3 is 2.37 bits per heavy atom. The topological polar surface area (TPSA) is 9.23 Å². The van der Waals surface area contributed by atoms with Gasteiger partial charge >= 0.3 is 0 Å². The largest absolute Gasteiger partial charge is 0.490 e. The lowest BCUT2D eigenvalue weighted by Crippen LogP contribution is -2.38. The minimum Gasteiger partial charge on any atom is -0.490 e. The van der Waals surface area contributed by atoms with E-state index in [0.29, 0.717) is 16.9 Å². The molecule has 0 aromatic heterocycles. The Labute approximate surface area is 117 Å². The molecule has 3 rings (SSSR count). The molecule has 3 atom stereocenters. The molecule has 2 saturated carbocycles. The van der Waals surface area contributed by atoms with E-state index in [4.69, 9.17) is 4.74 Å². The van der Waals surface area contributed by atoms with Crippen molar-refractivity contribution in [2.75, 3.05) is 0 Å². The normalized spacial score (nSPS) is 35.6. The van der Waals surface area contributed by atoms with Crippen LogP contribution in [-0.2, 0) is 6.42 Å². The van der Waals surface area contributed by atoms with E-state index in [-0.39, 0.29) is 0 Å². The summed E-state index contributed by atoms with van der Waals surface area (Å²) in [6.45, 7) is 11.2. The van der Waals surface area contributed by atoms with E-state index in [1.54, 1.807) is 0 Å². The van der Waals surface area contributed by atoms with Gasteiger partial charge in [0.25, 0.3) is 0 Å². The van der Waals surface area contributed by atoms with Crippen LogP contribution in [0.4, 0.5) is 0 Å². The van der Waals surface area contributed by atoms with Crippen LogP contribution in [0.3, 0.4) is 0 Å². The van der Waals surface area contributed by atoms with E-state index >= 15 is 0 Å². The van der Waals surface area contributed by atoms with Crippen molar-refractivity contribution in [1.82, 2.24) is 0 Å². The molecule has 2 bridgehead atoms. The predicted molar refractivity (Wildman–Crippen MR) is 79.1 cm³/mol. The lowest BCUT2D eigenvalue weighted by Gasteiger charge is -2.38. The van der Waals surface area contributed by atoms with Crippen molar-refractivity contribution in [2.24, 2.45) is 16.7 Å². The summed E-state index contributed by atoms with van der Waals surface area (Å²) in [7, 11) is 0. The molecule has 1 heteroatoms. The highest BCUT2D eigenvalue weighted by Gasteiger charge is 2.62. The SMILES string of the molecule is [CH2]Cc1ccc(OC2CC3CCC2(C)C3(C)C)cc1. The summed E-state index contributed by atoms with van der Waals surface area (Å²) < 4.78 is 6.33. The zero-order chi connectivity index (χ0) is 13.7. The smallest absolute Gasteiger partial charge is 0.119 e. The summed E-state index contributed by atoms with van der Waals surface area (Å²) in [5.74, 6) is 1.85. The van der Waals surface area contributed by atoms with E-state index < -0.39 is 0 Å². The van der Waals surface area contributed by atoms with Crippen LogP contribution in [0.25, 0.3) is 0 Å². The Hall–Kier alpha value is -0.980. The van der Waals surface area contributed by atoms with E-state index in [9.17, 15) is 0 Å². The molecule has 2 fully saturated rings. The molecule has 1 nitrogen and oxygen atoms in total. The van der Waals surface area contributed by atoms with Crippen LogP contribution in [0.5, 0.6) is 5.75 Å². The Kier molecular flexibility index (Phi) is 2.92. The highest BCUT2D eigenvalue weighted by molar-refractivity contribution is 5.28. The molecular formula is C18H25O. The molecule has 0 saturated heterocycles. The van der Waals surface area contributed by atoms with Gasteiger partial charge in [-0.3, -0.25) is 0 Å². The first-order valence-electron chi connectivity index (χ1n) is 7.52. The molecule has 19 heavy (non-hydrogen) atoms. The van der Waals surface area contributed by atoms with Crippen LogP contribution in [-0.4, -0.2) is 6.10 Å². The fourth-order valence-electron chi connectivity index (χ4n) is 4.21. The third-order valence-electron chi connectivity index (χ3n) is 6.20. The van der Waals surface area contributed by atoms with Crippen molar-refractivity contribution in [3.05, 3.63) is 36.8 Å². The second-order valence-corrected chi connectivity index (χ2v) is 7.11. The molecule has 2 aliphatic rings. The fourth-order valence-corrected chi connectivity index (χ4v) is 4.21. The van der Waals surface area contributed by atoms with Gasteiger partial charge in [-0.15, -0.1) is 0 Å². The summed E-state index contributed by atoms with van der Waals surface area (Å²) >= 11 is 0. The van der Waals surface area contributed by atoms with Crippen LogP contribution in [0.1, 0.15) is 45.6 Å². The summed E-state index contributed by atoms with van der Waals surface area (Å²) in [4.78, 5) is 0. The van der Waals surface area contributed by atoms with Crippen LogP contribution in [0, 0.1) is 23.7 Å². The number of hydrogen-bond donors (Lipinski definition) is 0.